The van der Waals surface area contributed by atoms with Gasteiger partial charge in [0.25, 0.3) is 0 Å². The Kier molecular flexibility index (Phi) is 3.30. The molecule has 0 aliphatic carbocycles. The third kappa shape index (κ3) is 2.46. The lowest BCUT2D eigenvalue weighted by atomic mass is 10.1. The van der Waals surface area contributed by atoms with E-state index < -0.39 is 5.97 Å². The van der Waals surface area contributed by atoms with Crippen molar-refractivity contribution in [3.63, 3.8) is 0 Å². The number of carbonyl (C=O) groups is 1. The monoisotopic (exact) mass is 285 g/mol. The Balaban J connectivity index is 1.98. The summed E-state index contributed by atoms with van der Waals surface area (Å²) in [5.41, 5.74) is 3.53. The molecule has 0 bridgehead atoms. The second kappa shape index (κ2) is 5.26. The summed E-state index contributed by atoms with van der Waals surface area (Å²) in [7, 11) is 0. The van der Waals surface area contributed by atoms with Crippen LogP contribution in [0.25, 0.3) is 10.9 Å². The number of hydrogen-bond acceptors (Lipinski definition) is 5. The second-order valence-corrected chi connectivity index (χ2v) is 4.93. The summed E-state index contributed by atoms with van der Waals surface area (Å²) in [4.78, 5) is 19.9. The van der Waals surface area contributed by atoms with Gasteiger partial charge in [0.05, 0.1) is 23.3 Å². The molecule has 5 nitrogen and oxygen atoms in total. The maximum absolute atomic E-state index is 11.3. The van der Waals surface area contributed by atoms with Crippen LogP contribution in [-0.4, -0.2) is 21.0 Å². The summed E-state index contributed by atoms with van der Waals surface area (Å²) in [6.07, 6.45) is 0. The van der Waals surface area contributed by atoms with Gasteiger partial charge in [-0.1, -0.05) is 18.2 Å². The number of thiazole rings is 1. The predicted octanol–water partition coefficient (Wildman–Crippen LogP) is 3.00. The quantitative estimate of drug-likeness (QED) is 0.770. The number of aromatic nitrogens is 2. The van der Waals surface area contributed by atoms with Crippen LogP contribution < -0.4 is 5.32 Å². The van der Waals surface area contributed by atoms with E-state index in [1.165, 1.54) is 11.3 Å². The summed E-state index contributed by atoms with van der Waals surface area (Å²) in [5, 5.41) is 15.1. The molecule has 0 spiro atoms. The lowest BCUT2D eigenvalue weighted by molar-refractivity contribution is 0.0697. The minimum Gasteiger partial charge on any atom is -0.478 e. The molecule has 1 aromatic carbocycles. The number of carboxylic acid groups (broad SMARTS) is 1. The van der Waals surface area contributed by atoms with Gasteiger partial charge in [0, 0.05) is 10.8 Å². The van der Waals surface area contributed by atoms with Crippen LogP contribution in [0.3, 0.4) is 0 Å². The number of nitrogens with zero attached hydrogens (tertiary/aromatic N) is 2. The molecule has 0 aliphatic heterocycles. The van der Waals surface area contributed by atoms with Crippen LogP contribution in [0, 0.1) is 0 Å². The summed E-state index contributed by atoms with van der Waals surface area (Å²) < 4.78 is 0. The molecular weight excluding hydrogens is 274 g/mol. The van der Waals surface area contributed by atoms with Crippen LogP contribution >= 0.6 is 11.3 Å². The zero-order chi connectivity index (χ0) is 13.9. The molecule has 0 amide bonds. The lowest BCUT2D eigenvalue weighted by Gasteiger charge is -2.09. The summed E-state index contributed by atoms with van der Waals surface area (Å²) in [5.74, 6) is -0.631. The molecule has 0 aliphatic rings. The van der Waals surface area contributed by atoms with Crippen molar-refractivity contribution in [3.8, 4) is 0 Å². The van der Waals surface area contributed by atoms with Crippen molar-refractivity contribution in [1.82, 2.24) is 9.97 Å². The van der Waals surface area contributed by atoms with E-state index in [1.807, 2.05) is 29.6 Å². The van der Waals surface area contributed by atoms with Crippen LogP contribution in [0.2, 0.25) is 0 Å². The van der Waals surface area contributed by atoms with Gasteiger partial charge in [-0.3, -0.25) is 0 Å². The molecule has 0 saturated heterocycles. The van der Waals surface area contributed by atoms with Crippen molar-refractivity contribution >= 4 is 34.0 Å². The number of nitrogens with one attached hydrogen (secondary N) is 1. The number of benzene rings is 1. The molecular formula is C14H11N3O2S. The third-order valence-electron chi connectivity index (χ3n) is 2.87. The fourth-order valence-electron chi connectivity index (χ4n) is 1.91. The van der Waals surface area contributed by atoms with Crippen molar-refractivity contribution in [1.29, 1.82) is 0 Å². The van der Waals surface area contributed by atoms with E-state index in [9.17, 15) is 9.90 Å². The van der Waals surface area contributed by atoms with E-state index in [1.54, 1.807) is 11.6 Å². The Hall–Kier alpha value is -2.47. The fourth-order valence-corrected chi connectivity index (χ4v) is 2.47. The minimum atomic E-state index is -0.996. The van der Waals surface area contributed by atoms with E-state index in [2.05, 4.69) is 15.3 Å². The predicted molar refractivity (Wildman–Crippen MR) is 78.1 cm³/mol. The van der Waals surface area contributed by atoms with Gasteiger partial charge in [0.15, 0.2) is 0 Å². The van der Waals surface area contributed by atoms with Crippen LogP contribution in [0.15, 0.2) is 41.2 Å². The van der Waals surface area contributed by atoms with E-state index in [0.29, 0.717) is 12.4 Å². The van der Waals surface area contributed by atoms with Gasteiger partial charge in [-0.25, -0.2) is 14.8 Å². The molecule has 100 valence electrons. The molecule has 0 unspecified atom stereocenters. The molecule has 20 heavy (non-hydrogen) atoms. The highest BCUT2D eigenvalue weighted by molar-refractivity contribution is 7.07. The van der Waals surface area contributed by atoms with Gasteiger partial charge in [0.2, 0.25) is 0 Å². The van der Waals surface area contributed by atoms with Crippen LogP contribution in [0.1, 0.15) is 16.1 Å². The van der Waals surface area contributed by atoms with Crippen LogP contribution in [0.5, 0.6) is 0 Å². The first-order valence-electron chi connectivity index (χ1n) is 5.98. The molecule has 6 heteroatoms. The SMILES string of the molecule is O=C(O)c1cc2ccccc2nc1NCc1cscn1. The van der Waals surface area contributed by atoms with Crippen LogP contribution in [-0.2, 0) is 6.54 Å². The molecule has 0 atom stereocenters. The Labute approximate surface area is 118 Å². The van der Waals surface area contributed by atoms with Crippen molar-refractivity contribution in [2.24, 2.45) is 0 Å². The average molecular weight is 285 g/mol. The molecule has 3 rings (SSSR count). The summed E-state index contributed by atoms with van der Waals surface area (Å²) in [6, 6.07) is 9.07. The van der Waals surface area contributed by atoms with Crippen molar-refractivity contribution in [2.75, 3.05) is 5.32 Å². The first-order chi connectivity index (χ1) is 9.74. The largest absolute Gasteiger partial charge is 0.478 e. The summed E-state index contributed by atoms with van der Waals surface area (Å²) in [6.45, 7) is 0.453. The zero-order valence-electron chi connectivity index (χ0n) is 10.4. The standard InChI is InChI=1S/C14H11N3O2S/c18-14(19)11-5-9-3-1-2-4-12(9)17-13(11)15-6-10-7-20-8-16-10/h1-5,7-8H,6H2,(H,15,17)(H,18,19). The molecule has 2 N–H and O–H groups in total. The van der Waals surface area contributed by atoms with Gasteiger partial charge >= 0.3 is 5.97 Å². The molecule has 0 saturated carbocycles. The smallest absolute Gasteiger partial charge is 0.339 e. The zero-order valence-corrected chi connectivity index (χ0v) is 11.2. The Morgan fingerprint density at radius 1 is 1.35 bits per heavy atom. The first kappa shape index (κ1) is 12.6. The number of rotatable bonds is 4. The molecule has 2 heterocycles. The van der Waals surface area contributed by atoms with E-state index in [0.717, 1.165) is 16.6 Å². The topological polar surface area (TPSA) is 75.1 Å². The van der Waals surface area contributed by atoms with E-state index in [-0.39, 0.29) is 5.56 Å². The van der Waals surface area contributed by atoms with Gasteiger partial charge in [-0.05, 0) is 12.1 Å². The van der Waals surface area contributed by atoms with Gasteiger partial charge < -0.3 is 10.4 Å². The lowest BCUT2D eigenvalue weighted by Crippen LogP contribution is -2.08. The maximum Gasteiger partial charge on any atom is 0.339 e. The van der Waals surface area contributed by atoms with Crippen LogP contribution in [0.4, 0.5) is 5.82 Å². The number of hydrogen-bond donors (Lipinski definition) is 2. The Morgan fingerprint density at radius 3 is 2.95 bits per heavy atom. The normalized spacial score (nSPS) is 10.6. The summed E-state index contributed by atoms with van der Waals surface area (Å²) >= 11 is 1.50. The number of carboxylic acids is 1. The van der Waals surface area contributed by atoms with Crippen molar-refractivity contribution in [2.45, 2.75) is 6.54 Å². The highest BCUT2D eigenvalue weighted by Crippen LogP contribution is 2.21. The average Bonchev–Trinajstić information content (AvgIpc) is 2.97. The first-order valence-corrected chi connectivity index (χ1v) is 6.92. The Morgan fingerprint density at radius 2 is 2.20 bits per heavy atom. The molecule has 3 aromatic rings. The third-order valence-corrected chi connectivity index (χ3v) is 3.51. The minimum absolute atomic E-state index is 0.166. The molecule has 0 radical (unpaired) electrons. The van der Waals surface area contributed by atoms with Gasteiger partial charge in [0.1, 0.15) is 11.4 Å². The fraction of sp³-hybridized carbons (Fsp3) is 0.0714. The van der Waals surface area contributed by atoms with Crippen molar-refractivity contribution in [3.05, 3.63) is 52.5 Å². The Bertz CT molecular complexity index is 756. The molecule has 0 fully saturated rings. The number of anilines is 1. The van der Waals surface area contributed by atoms with Crippen molar-refractivity contribution < 1.29 is 9.90 Å². The number of para-hydroxylation sites is 1. The number of pyridine rings is 1. The highest BCUT2D eigenvalue weighted by atomic mass is 32.1. The number of fused-ring (bicyclic) bond motifs is 1. The van der Waals surface area contributed by atoms with Gasteiger partial charge in [-0.15, -0.1) is 11.3 Å². The molecule has 2 aromatic heterocycles. The van der Waals surface area contributed by atoms with Gasteiger partial charge in [-0.2, -0.15) is 0 Å². The van der Waals surface area contributed by atoms with E-state index in [4.69, 9.17) is 0 Å². The number of aromatic carboxylic acids is 1. The highest BCUT2D eigenvalue weighted by Gasteiger charge is 2.13. The second-order valence-electron chi connectivity index (χ2n) is 4.22. The van der Waals surface area contributed by atoms with E-state index >= 15 is 0 Å². The maximum atomic E-state index is 11.3.